The lowest BCUT2D eigenvalue weighted by Crippen LogP contribution is -2.24. The van der Waals surface area contributed by atoms with E-state index in [0.29, 0.717) is 5.56 Å². The van der Waals surface area contributed by atoms with Crippen molar-refractivity contribution in [2.45, 2.75) is 26.4 Å². The van der Waals surface area contributed by atoms with Crippen LogP contribution in [-0.4, -0.2) is 16.5 Å². The van der Waals surface area contributed by atoms with Gasteiger partial charge in [0.2, 0.25) is 0 Å². The number of esters is 1. The smallest absolute Gasteiger partial charge is 0.338 e. The maximum Gasteiger partial charge on any atom is 0.338 e. The molecular formula is C13H15NO4. The predicted octanol–water partition coefficient (Wildman–Crippen LogP) is 2.95. The quantitative estimate of drug-likeness (QED) is 0.357. The van der Waals surface area contributed by atoms with Crippen LogP contribution in [0.25, 0.3) is 5.57 Å². The van der Waals surface area contributed by atoms with Gasteiger partial charge < -0.3 is 4.74 Å². The molecule has 1 rings (SSSR count). The Hall–Kier alpha value is -2.17. The molecule has 0 amide bonds. The molecule has 0 saturated heterocycles. The topological polar surface area (TPSA) is 69.4 Å². The van der Waals surface area contributed by atoms with E-state index < -0.39 is 16.5 Å². The van der Waals surface area contributed by atoms with E-state index in [0.717, 1.165) is 0 Å². The lowest BCUT2D eigenvalue weighted by atomic mass is 10.1. The number of non-ortho nitro benzene ring substituents is 1. The van der Waals surface area contributed by atoms with Gasteiger partial charge in [-0.25, -0.2) is 4.79 Å². The van der Waals surface area contributed by atoms with Gasteiger partial charge in [-0.3, -0.25) is 10.1 Å². The number of nitrogens with zero attached hydrogens (tertiary/aromatic N) is 1. The van der Waals surface area contributed by atoms with E-state index in [-0.39, 0.29) is 11.3 Å². The highest BCUT2D eigenvalue weighted by molar-refractivity contribution is 6.15. The second kappa shape index (κ2) is 5.00. The first-order valence-electron chi connectivity index (χ1n) is 5.38. The molecule has 0 unspecified atom stereocenters. The van der Waals surface area contributed by atoms with Crippen LogP contribution in [0.2, 0.25) is 0 Å². The number of carbonyl (C=O) groups excluding carboxylic acids is 1. The van der Waals surface area contributed by atoms with Gasteiger partial charge in [-0.05, 0) is 38.5 Å². The molecule has 0 atom stereocenters. The van der Waals surface area contributed by atoms with E-state index in [9.17, 15) is 14.9 Å². The van der Waals surface area contributed by atoms with Gasteiger partial charge in [0.25, 0.3) is 5.69 Å². The van der Waals surface area contributed by atoms with Gasteiger partial charge in [-0.1, -0.05) is 6.58 Å². The Morgan fingerprint density at radius 2 is 1.78 bits per heavy atom. The second-order valence-electron chi connectivity index (χ2n) is 4.78. The molecular weight excluding hydrogens is 234 g/mol. The number of carbonyl (C=O) groups is 1. The molecule has 5 heteroatoms. The van der Waals surface area contributed by atoms with Crippen LogP contribution in [0.3, 0.4) is 0 Å². The summed E-state index contributed by atoms with van der Waals surface area (Å²) in [5, 5.41) is 10.5. The molecule has 1 aromatic carbocycles. The van der Waals surface area contributed by atoms with E-state index in [1.165, 1.54) is 24.3 Å². The standard InChI is InChI=1S/C13H15NO4/c1-9(12(15)18-13(2,3)4)10-5-7-11(8-6-10)14(16)17/h5-8H,1H2,2-4H3. The first-order chi connectivity index (χ1) is 8.20. The van der Waals surface area contributed by atoms with Crippen LogP contribution >= 0.6 is 0 Å². The Morgan fingerprint density at radius 3 is 2.17 bits per heavy atom. The predicted molar refractivity (Wildman–Crippen MR) is 68.0 cm³/mol. The largest absolute Gasteiger partial charge is 0.456 e. The minimum Gasteiger partial charge on any atom is -0.456 e. The van der Waals surface area contributed by atoms with E-state index in [1.54, 1.807) is 20.8 Å². The van der Waals surface area contributed by atoms with Gasteiger partial charge in [0.15, 0.2) is 0 Å². The number of nitro benzene ring substituents is 1. The van der Waals surface area contributed by atoms with Gasteiger partial charge in [0, 0.05) is 12.1 Å². The Labute approximate surface area is 105 Å². The molecule has 0 N–H and O–H groups in total. The lowest BCUT2D eigenvalue weighted by molar-refractivity contribution is -0.384. The summed E-state index contributed by atoms with van der Waals surface area (Å²) >= 11 is 0. The highest BCUT2D eigenvalue weighted by Crippen LogP contribution is 2.20. The second-order valence-corrected chi connectivity index (χ2v) is 4.78. The van der Waals surface area contributed by atoms with E-state index in [1.807, 2.05) is 0 Å². The van der Waals surface area contributed by atoms with Crippen LogP contribution in [0.15, 0.2) is 30.8 Å². The molecule has 0 aromatic heterocycles. The number of nitro groups is 1. The van der Waals surface area contributed by atoms with Crippen molar-refractivity contribution >= 4 is 17.2 Å². The summed E-state index contributed by atoms with van der Waals surface area (Å²) in [5.41, 5.74) is 0.0614. The minimum atomic E-state index is -0.596. The maximum absolute atomic E-state index is 11.7. The van der Waals surface area contributed by atoms with Crippen molar-refractivity contribution < 1.29 is 14.5 Å². The van der Waals surface area contributed by atoms with Crippen LogP contribution < -0.4 is 0 Å². The average Bonchev–Trinajstić information content (AvgIpc) is 2.26. The fraction of sp³-hybridized carbons (Fsp3) is 0.308. The van der Waals surface area contributed by atoms with Crippen molar-refractivity contribution in [1.82, 2.24) is 0 Å². The molecule has 18 heavy (non-hydrogen) atoms. The van der Waals surface area contributed by atoms with Crippen molar-refractivity contribution in [3.05, 3.63) is 46.5 Å². The summed E-state index contributed by atoms with van der Waals surface area (Å²) in [6.07, 6.45) is 0. The zero-order valence-corrected chi connectivity index (χ0v) is 10.6. The van der Waals surface area contributed by atoms with Crippen molar-refractivity contribution in [3.63, 3.8) is 0 Å². The molecule has 0 radical (unpaired) electrons. The normalized spacial score (nSPS) is 10.8. The highest BCUT2D eigenvalue weighted by Gasteiger charge is 2.19. The van der Waals surface area contributed by atoms with Crippen molar-refractivity contribution in [2.75, 3.05) is 0 Å². The molecule has 96 valence electrons. The summed E-state index contributed by atoms with van der Waals surface area (Å²) in [6.45, 7) is 8.91. The molecule has 1 aromatic rings. The SMILES string of the molecule is C=C(C(=O)OC(C)(C)C)c1ccc([N+](=O)[O-])cc1. The third-order valence-electron chi connectivity index (χ3n) is 2.07. The minimum absolute atomic E-state index is 0.0317. The Bertz CT molecular complexity index is 483. The number of benzene rings is 1. The monoisotopic (exact) mass is 249 g/mol. The third kappa shape index (κ3) is 3.69. The van der Waals surface area contributed by atoms with Crippen molar-refractivity contribution in [1.29, 1.82) is 0 Å². The van der Waals surface area contributed by atoms with E-state index in [4.69, 9.17) is 4.74 Å². The van der Waals surface area contributed by atoms with Gasteiger partial charge in [-0.2, -0.15) is 0 Å². The molecule has 0 aliphatic rings. The number of ether oxygens (including phenoxy) is 1. The molecule has 0 fully saturated rings. The zero-order valence-electron chi connectivity index (χ0n) is 10.6. The van der Waals surface area contributed by atoms with Crippen LogP contribution in [0.4, 0.5) is 5.69 Å². The van der Waals surface area contributed by atoms with Gasteiger partial charge >= 0.3 is 5.97 Å². The van der Waals surface area contributed by atoms with E-state index >= 15 is 0 Å². The van der Waals surface area contributed by atoms with E-state index in [2.05, 4.69) is 6.58 Å². The molecule has 0 aliphatic carbocycles. The molecule has 0 heterocycles. The molecule has 0 saturated carbocycles. The molecule has 0 bridgehead atoms. The molecule has 5 nitrogen and oxygen atoms in total. The van der Waals surface area contributed by atoms with Gasteiger partial charge in [0.1, 0.15) is 5.60 Å². The van der Waals surface area contributed by atoms with Crippen LogP contribution in [0.1, 0.15) is 26.3 Å². The maximum atomic E-state index is 11.7. The highest BCUT2D eigenvalue weighted by atomic mass is 16.6. The number of hydrogen-bond donors (Lipinski definition) is 0. The Kier molecular flexibility index (Phi) is 3.86. The van der Waals surface area contributed by atoms with Crippen molar-refractivity contribution in [3.8, 4) is 0 Å². The van der Waals surface area contributed by atoms with Gasteiger partial charge in [0.05, 0.1) is 10.5 Å². The first kappa shape index (κ1) is 13.9. The van der Waals surface area contributed by atoms with Crippen LogP contribution in [0, 0.1) is 10.1 Å². The third-order valence-corrected chi connectivity index (χ3v) is 2.07. The fourth-order valence-corrected chi connectivity index (χ4v) is 1.24. The number of rotatable bonds is 3. The molecule has 0 aliphatic heterocycles. The Morgan fingerprint density at radius 1 is 1.28 bits per heavy atom. The summed E-state index contributed by atoms with van der Waals surface area (Å²) in [6, 6.07) is 5.60. The fourth-order valence-electron chi connectivity index (χ4n) is 1.24. The van der Waals surface area contributed by atoms with Crippen LogP contribution in [0.5, 0.6) is 0 Å². The van der Waals surface area contributed by atoms with Crippen LogP contribution in [-0.2, 0) is 9.53 Å². The average molecular weight is 249 g/mol. The number of hydrogen-bond acceptors (Lipinski definition) is 4. The first-order valence-corrected chi connectivity index (χ1v) is 5.38. The summed E-state index contributed by atoms with van der Waals surface area (Å²) in [7, 11) is 0. The van der Waals surface area contributed by atoms with Crippen molar-refractivity contribution in [2.24, 2.45) is 0 Å². The molecule has 0 spiro atoms. The van der Waals surface area contributed by atoms with Gasteiger partial charge in [-0.15, -0.1) is 0 Å². The summed E-state index contributed by atoms with van der Waals surface area (Å²) in [5.74, 6) is -0.531. The lowest BCUT2D eigenvalue weighted by Gasteiger charge is -2.20. The summed E-state index contributed by atoms with van der Waals surface area (Å²) < 4.78 is 5.16. The summed E-state index contributed by atoms with van der Waals surface area (Å²) in [4.78, 5) is 21.7. The Balaban J connectivity index is 2.85. The zero-order chi connectivity index (χ0) is 13.9.